The second-order valence-electron chi connectivity index (χ2n) is 6.54. The topological polar surface area (TPSA) is 81.8 Å². The molecule has 150 valence electrons. The molecule has 3 aromatic rings. The Labute approximate surface area is 169 Å². The molecule has 3 N–H and O–H groups in total. The van der Waals surface area contributed by atoms with E-state index in [1.807, 2.05) is 44.2 Å². The van der Waals surface area contributed by atoms with Crippen LogP contribution in [0.25, 0.3) is 0 Å². The maximum atomic E-state index is 13.4. The number of pyridine rings is 1. The number of guanidine groups is 1. The molecule has 2 aromatic carbocycles. The van der Waals surface area contributed by atoms with Gasteiger partial charge in [0.05, 0.1) is 12.6 Å². The number of aliphatic imine (C=N–C) groups is 1. The zero-order valence-electron chi connectivity index (χ0n) is 16.3. The van der Waals surface area contributed by atoms with Crippen molar-refractivity contribution in [1.29, 1.82) is 0 Å². The Bertz CT molecular complexity index is 975. The molecule has 0 radical (unpaired) electrons. The largest absolute Gasteiger partial charge is 0.491 e. The molecule has 29 heavy (non-hydrogen) atoms. The predicted molar refractivity (Wildman–Crippen MR) is 112 cm³/mol. The quantitative estimate of drug-likeness (QED) is 0.447. The van der Waals surface area contributed by atoms with Gasteiger partial charge in [-0.05, 0) is 56.3 Å². The summed E-state index contributed by atoms with van der Waals surface area (Å²) in [5.74, 6) is 1.38. The number of aromatic nitrogens is 1. The van der Waals surface area contributed by atoms with Crippen molar-refractivity contribution in [2.24, 2.45) is 10.7 Å². The number of ether oxygens (including phenoxy) is 2. The second-order valence-corrected chi connectivity index (χ2v) is 6.54. The molecule has 0 bridgehead atoms. The summed E-state index contributed by atoms with van der Waals surface area (Å²) in [6.07, 6.45) is 1.72. The first-order valence-corrected chi connectivity index (χ1v) is 9.20. The van der Waals surface area contributed by atoms with Gasteiger partial charge in [0.25, 0.3) is 0 Å². The molecule has 0 saturated carbocycles. The lowest BCUT2D eigenvalue weighted by Crippen LogP contribution is -2.22. The van der Waals surface area contributed by atoms with Crippen molar-refractivity contribution < 1.29 is 13.9 Å². The van der Waals surface area contributed by atoms with E-state index in [9.17, 15) is 4.39 Å². The molecule has 6 nitrogen and oxygen atoms in total. The van der Waals surface area contributed by atoms with Gasteiger partial charge < -0.3 is 20.5 Å². The summed E-state index contributed by atoms with van der Waals surface area (Å²) in [5, 5.41) is 3.03. The van der Waals surface area contributed by atoms with Gasteiger partial charge in [0.1, 0.15) is 17.3 Å². The molecule has 0 spiro atoms. The maximum absolute atomic E-state index is 13.4. The summed E-state index contributed by atoms with van der Waals surface area (Å²) >= 11 is 0. The Morgan fingerprint density at radius 1 is 1.10 bits per heavy atom. The van der Waals surface area contributed by atoms with E-state index in [2.05, 4.69) is 15.3 Å². The molecule has 1 heterocycles. The fourth-order valence-corrected chi connectivity index (χ4v) is 2.53. The van der Waals surface area contributed by atoms with Crippen LogP contribution in [-0.4, -0.2) is 17.0 Å². The lowest BCUT2D eigenvalue weighted by Gasteiger charge is -2.11. The molecule has 0 aliphatic carbocycles. The van der Waals surface area contributed by atoms with Crippen molar-refractivity contribution in [3.05, 3.63) is 78.2 Å². The highest BCUT2D eigenvalue weighted by Gasteiger charge is 2.07. The number of halogens is 1. The lowest BCUT2D eigenvalue weighted by atomic mass is 10.2. The van der Waals surface area contributed by atoms with Gasteiger partial charge in [0, 0.05) is 23.5 Å². The van der Waals surface area contributed by atoms with Crippen molar-refractivity contribution >= 4 is 11.6 Å². The third-order valence-corrected chi connectivity index (χ3v) is 3.78. The first-order chi connectivity index (χ1) is 14.0. The van der Waals surface area contributed by atoms with Crippen molar-refractivity contribution in [1.82, 2.24) is 4.98 Å². The molecule has 0 aliphatic rings. The third kappa shape index (κ3) is 6.21. The zero-order chi connectivity index (χ0) is 20.6. The number of nitrogens with two attached hydrogens (primary N) is 1. The predicted octanol–water partition coefficient (Wildman–Crippen LogP) is 4.73. The van der Waals surface area contributed by atoms with Crippen LogP contribution < -0.4 is 20.5 Å². The van der Waals surface area contributed by atoms with Crippen LogP contribution in [0, 0.1) is 5.82 Å². The lowest BCUT2D eigenvalue weighted by molar-refractivity contribution is 0.242. The molecule has 1 aromatic heterocycles. The number of anilines is 1. The van der Waals surface area contributed by atoms with Crippen LogP contribution in [0.3, 0.4) is 0 Å². The van der Waals surface area contributed by atoms with Crippen LogP contribution in [0.5, 0.6) is 17.4 Å². The highest BCUT2D eigenvalue weighted by molar-refractivity contribution is 5.92. The van der Waals surface area contributed by atoms with Crippen molar-refractivity contribution in [3.8, 4) is 17.4 Å². The summed E-state index contributed by atoms with van der Waals surface area (Å²) < 4.78 is 24.7. The monoisotopic (exact) mass is 394 g/mol. The third-order valence-electron chi connectivity index (χ3n) is 3.78. The first-order valence-electron chi connectivity index (χ1n) is 9.20. The average molecular weight is 394 g/mol. The van der Waals surface area contributed by atoms with E-state index >= 15 is 0 Å². The molecule has 0 fully saturated rings. The summed E-state index contributed by atoms with van der Waals surface area (Å²) in [6, 6.07) is 16.9. The Morgan fingerprint density at radius 2 is 1.90 bits per heavy atom. The highest BCUT2D eigenvalue weighted by atomic mass is 19.1. The number of hydrogen-bond acceptors (Lipinski definition) is 4. The molecule has 7 heteroatoms. The summed E-state index contributed by atoms with van der Waals surface area (Å²) in [7, 11) is 0. The molecular formula is C22H23FN4O2. The Kier molecular flexibility index (Phi) is 6.63. The standard InChI is InChI=1S/C22H23FN4O2/c1-15(2)28-19-10-8-18(9-11-19)27-22(24)26-14-16-5-4-12-25-21(16)29-20-7-3-6-17(23)13-20/h3-13,15H,14H2,1-2H3,(H3,24,26,27). The van der Waals surface area contributed by atoms with Crippen LogP contribution in [-0.2, 0) is 6.54 Å². The second kappa shape index (κ2) is 9.54. The van der Waals surface area contributed by atoms with E-state index in [0.717, 1.165) is 17.0 Å². The normalized spacial score (nSPS) is 11.4. The number of hydrogen-bond donors (Lipinski definition) is 2. The van der Waals surface area contributed by atoms with E-state index in [0.29, 0.717) is 11.6 Å². The van der Waals surface area contributed by atoms with Crippen LogP contribution in [0.2, 0.25) is 0 Å². The van der Waals surface area contributed by atoms with Crippen molar-refractivity contribution in [2.45, 2.75) is 26.5 Å². The van der Waals surface area contributed by atoms with Crippen LogP contribution in [0.1, 0.15) is 19.4 Å². The number of benzene rings is 2. The minimum atomic E-state index is -0.378. The fraction of sp³-hybridized carbons (Fsp3) is 0.182. The fourth-order valence-electron chi connectivity index (χ4n) is 2.53. The van der Waals surface area contributed by atoms with E-state index < -0.39 is 0 Å². The summed E-state index contributed by atoms with van der Waals surface area (Å²) in [4.78, 5) is 8.55. The minimum Gasteiger partial charge on any atom is -0.491 e. The van der Waals surface area contributed by atoms with Gasteiger partial charge in [-0.2, -0.15) is 0 Å². The van der Waals surface area contributed by atoms with E-state index in [1.165, 1.54) is 12.1 Å². The number of nitrogens with zero attached hydrogens (tertiary/aromatic N) is 2. The summed E-state index contributed by atoms with van der Waals surface area (Å²) in [6.45, 7) is 4.20. The molecule has 0 amide bonds. The van der Waals surface area contributed by atoms with Crippen molar-refractivity contribution in [3.63, 3.8) is 0 Å². The molecular weight excluding hydrogens is 371 g/mol. The maximum Gasteiger partial charge on any atom is 0.224 e. The molecule has 0 aliphatic heterocycles. The minimum absolute atomic E-state index is 0.115. The Hall–Kier alpha value is -3.61. The average Bonchev–Trinajstić information content (AvgIpc) is 2.68. The Balaban J connectivity index is 1.64. The number of nitrogens with one attached hydrogen (secondary N) is 1. The summed E-state index contributed by atoms with van der Waals surface area (Å²) in [5.41, 5.74) is 7.51. The van der Waals surface area contributed by atoms with Gasteiger partial charge in [-0.15, -0.1) is 0 Å². The smallest absolute Gasteiger partial charge is 0.224 e. The van der Waals surface area contributed by atoms with Crippen LogP contribution in [0.15, 0.2) is 71.9 Å². The first kappa shape index (κ1) is 20.1. The molecule has 0 saturated heterocycles. The Morgan fingerprint density at radius 3 is 2.62 bits per heavy atom. The number of rotatable bonds is 7. The van der Waals surface area contributed by atoms with E-state index in [-0.39, 0.29) is 24.4 Å². The van der Waals surface area contributed by atoms with E-state index in [4.69, 9.17) is 15.2 Å². The zero-order valence-corrected chi connectivity index (χ0v) is 16.3. The van der Waals surface area contributed by atoms with Gasteiger partial charge in [-0.25, -0.2) is 14.4 Å². The highest BCUT2D eigenvalue weighted by Crippen LogP contribution is 2.24. The van der Waals surface area contributed by atoms with Gasteiger partial charge in [0.15, 0.2) is 5.96 Å². The molecule has 0 unspecified atom stereocenters. The molecule has 0 atom stereocenters. The molecule has 3 rings (SSSR count). The van der Waals surface area contributed by atoms with E-state index in [1.54, 1.807) is 24.4 Å². The van der Waals surface area contributed by atoms with Gasteiger partial charge in [0.2, 0.25) is 5.88 Å². The SMILES string of the molecule is CC(C)Oc1ccc(NC(N)=NCc2cccnc2Oc2cccc(F)c2)cc1. The van der Waals surface area contributed by atoms with Gasteiger partial charge >= 0.3 is 0 Å². The van der Waals surface area contributed by atoms with Crippen molar-refractivity contribution in [2.75, 3.05) is 5.32 Å². The van der Waals surface area contributed by atoms with Gasteiger partial charge in [-0.1, -0.05) is 12.1 Å². The van der Waals surface area contributed by atoms with Crippen LogP contribution in [0.4, 0.5) is 10.1 Å². The van der Waals surface area contributed by atoms with Crippen LogP contribution >= 0.6 is 0 Å². The van der Waals surface area contributed by atoms with Gasteiger partial charge in [-0.3, -0.25) is 0 Å².